The molecule has 3 rings (SSSR count). The van der Waals surface area contributed by atoms with E-state index in [1.165, 1.54) is 0 Å². The molecule has 6 heteroatoms. The molecule has 0 saturated carbocycles. The molecule has 0 unspecified atom stereocenters. The molecule has 0 spiro atoms. The van der Waals surface area contributed by atoms with E-state index in [0.29, 0.717) is 6.61 Å². The van der Waals surface area contributed by atoms with Crippen molar-refractivity contribution in [2.45, 2.75) is 69.1 Å². The molecule has 104 valence electrons. The summed E-state index contributed by atoms with van der Waals surface area (Å²) in [6, 6.07) is 0. The Morgan fingerprint density at radius 2 is 1.56 bits per heavy atom. The van der Waals surface area contributed by atoms with Gasteiger partial charge in [-0.25, -0.2) is 0 Å². The van der Waals surface area contributed by atoms with Crippen molar-refractivity contribution in [3.05, 3.63) is 0 Å². The van der Waals surface area contributed by atoms with Crippen molar-refractivity contribution in [3.63, 3.8) is 0 Å². The van der Waals surface area contributed by atoms with Gasteiger partial charge < -0.3 is 23.7 Å². The van der Waals surface area contributed by atoms with Crippen LogP contribution in [0.5, 0.6) is 0 Å². The Balaban J connectivity index is 1.75. The van der Waals surface area contributed by atoms with Crippen molar-refractivity contribution < 1.29 is 23.7 Å². The van der Waals surface area contributed by atoms with Crippen LogP contribution in [0.1, 0.15) is 27.7 Å². The molecule has 5 nitrogen and oxygen atoms in total. The normalized spacial score (nSPS) is 49.5. The number of thiol groups is 1. The summed E-state index contributed by atoms with van der Waals surface area (Å²) in [6.07, 6.45) is -0.631. The lowest BCUT2D eigenvalue weighted by atomic mass is 10.1. The molecule has 3 aliphatic rings. The zero-order valence-electron chi connectivity index (χ0n) is 11.1. The lowest BCUT2D eigenvalue weighted by Gasteiger charge is -2.26. The van der Waals surface area contributed by atoms with Crippen LogP contribution in [0.2, 0.25) is 0 Å². The summed E-state index contributed by atoms with van der Waals surface area (Å²) in [5, 5.41) is 0. The highest BCUT2D eigenvalue weighted by Gasteiger charge is 2.58. The number of ether oxygens (including phenoxy) is 5. The fraction of sp³-hybridized carbons (Fsp3) is 1.00. The van der Waals surface area contributed by atoms with Crippen molar-refractivity contribution in [2.24, 2.45) is 0 Å². The molecule has 0 bridgehead atoms. The second-order valence-corrected chi connectivity index (χ2v) is 6.43. The summed E-state index contributed by atoms with van der Waals surface area (Å²) < 4.78 is 28.9. The Labute approximate surface area is 112 Å². The minimum atomic E-state index is -0.590. The number of hydrogen-bond donors (Lipinski definition) is 1. The first-order valence-electron chi connectivity index (χ1n) is 6.28. The molecule has 0 N–H and O–H groups in total. The van der Waals surface area contributed by atoms with Gasteiger partial charge in [0.1, 0.15) is 29.9 Å². The molecule has 18 heavy (non-hydrogen) atoms. The summed E-state index contributed by atoms with van der Waals surface area (Å²) in [6.45, 7) is 8.10. The van der Waals surface area contributed by atoms with Gasteiger partial charge in [0.05, 0.1) is 6.61 Å². The topological polar surface area (TPSA) is 46.2 Å². The predicted molar refractivity (Wildman–Crippen MR) is 66.4 cm³/mol. The van der Waals surface area contributed by atoms with Gasteiger partial charge in [-0.15, -0.1) is 12.6 Å². The Kier molecular flexibility index (Phi) is 2.97. The van der Waals surface area contributed by atoms with Gasteiger partial charge >= 0.3 is 0 Å². The summed E-state index contributed by atoms with van der Waals surface area (Å²) >= 11 is 4.42. The van der Waals surface area contributed by atoms with Crippen molar-refractivity contribution >= 4 is 12.6 Å². The summed E-state index contributed by atoms with van der Waals surface area (Å²) in [5.41, 5.74) is -0.283. The van der Waals surface area contributed by atoms with Crippen LogP contribution in [0.4, 0.5) is 0 Å². The van der Waals surface area contributed by atoms with Crippen LogP contribution in [0.15, 0.2) is 0 Å². The van der Waals surface area contributed by atoms with Crippen molar-refractivity contribution in [1.82, 2.24) is 0 Å². The molecule has 0 aliphatic carbocycles. The third-order valence-electron chi connectivity index (χ3n) is 3.46. The van der Waals surface area contributed by atoms with Gasteiger partial charge in [-0.05, 0) is 27.7 Å². The standard InChI is InChI=1S/C12H20O5S/c1-11(2)13-5-6(15-11)7-8-9(10(18)14-7)17-12(3,4)16-8/h6-10,18H,5H2,1-4H3/t6-,7-,8+,9+,10+/m1/s1. The fourth-order valence-electron chi connectivity index (χ4n) is 2.78. The number of rotatable bonds is 1. The number of fused-ring (bicyclic) bond motifs is 1. The molecule has 0 amide bonds. The summed E-state index contributed by atoms with van der Waals surface area (Å²) in [7, 11) is 0. The van der Waals surface area contributed by atoms with Gasteiger partial charge in [-0.2, -0.15) is 0 Å². The maximum absolute atomic E-state index is 5.90. The Morgan fingerprint density at radius 3 is 2.17 bits per heavy atom. The van der Waals surface area contributed by atoms with Gasteiger partial charge in [0.15, 0.2) is 11.6 Å². The van der Waals surface area contributed by atoms with E-state index >= 15 is 0 Å². The summed E-state index contributed by atoms with van der Waals surface area (Å²) in [4.78, 5) is 0. The molecule has 3 heterocycles. The van der Waals surface area contributed by atoms with Crippen LogP contribution < -0.4 is 0 Å². The quantitative estimate of drug-likeness (QED) is 0.732. The van der Waals surface area contributed by atoms with E-state index in [-0.39, 0.29) is 29.9 Å². The molecule has 3 aliphatic heterocycles. The van der Waals surface area contributed by atoms with Gasteiger partial charge in [-0.1, -0.05) is 0 Å². The highest BCUT2D eigenvalue weighted by Crippen LogP contribution is 2.42. The lowest BCUT2D eigenvalue weighted by Crippen LogP contribution is -2.40. The van der Waals surface area contributed by atoms with E-state index in [0.717, 1.165) is 0 Å². The molecule has 3 fully saturated rings. The van der Waals surface area contributed by atoms with Crippen molar-refractivity contribution in [1.29, 1.82) is 0 Å². The van der Waals surface area contributed by atoms with Gasteiger partial charge in [0, 0.05) is 0 Å². The molecule has 3 saturated heterocycles. The highest BCUT2D eigenvalue weighted by atomic mass is 32.1. The third kappa shape index (κ3) is 2.19. The van der Waals surface area contributed by atoms with E-state index < -0.39 is 11.6 Å². The minimum absolute atomic E-state index is 0.137. The monoisotopic (exact) mass is 276 g/mol. The second-order valence-electron chi connectivity index (χ2n) is 5.92. The molecule has 5 atom stereocenters. The Bertz CT molecular complexity index is 345. The fourth-order valence-corrected chi connectivity index (χ4v) is 3.16. The van der Waals surface area contributed by atoms with E-state index in [2.05, 4.69) is 12.6 Å². The van der Waals surface area contributed by atoms with Gasteiger partial charge in [0.25, 0.3) is 0 Å². The smallest absolute Gasteiger partial charge is 0.164 e. The van der Waals surface area contributed by atoms with Crippen LogP contribution in [-0.2, 0) is 23.7 Å². The molecule has 0 aromatic rings. The number of hydrogen-bond acceptors (Lipinski definition) is 6. The highest BCUT2D eigenvalue weighted by molar-refractivity contribution is 7.80. The van der Waals surface area contributed by atoms with Crippen molar-refractivity contribution in [2.75, 3.05) is 6.61 Å². The lowest BCUT2D eigenvalue weighted by molar-refractivity contribution is -0.198. The van der Waals surface area contributed by atoms with E-state index in [1.807, 2.05) is 27.7 Å². The van der Waals surface area contributed by atoms with E-state index in [4.69, 9.17) is 23.7 Å². The van der Waals surface area contributed by atoms with E-state index in [9.17, 15) is 0 Å². The largest absolute Gasteiger partial charge is 0.356 e. The van der Waals surface area contributed by atoms with Crippen LogP contribution in [-0.4, -0.2) is 48.0 Å². The maximum atomic E-state index is 5.90. The zero-order valence-corrected chi connectivity index (χ0v) is 12.0. The predicted octanol–water partition coefficient (Wildman–Crippen LogP) is 1.31. The second kappa shape index (κ2) is 4.07. The molecule has 0 radical (unpaired) electrons. The minimum Gasteiger partial charge on any atom is -0.356 e. The average molecular weight is 276 g/mol. The Morgan fingerprint density at radius 1 is 0.889 bits per heavy atom. The van der Waals surface area contributed by atoms with Crippen LogP contribution in [0, 0.1) is 0 Å². The molecule has 0 aromatic carbocycles. The average Bonchev–Trinajstić information content (AvgIpc) is 2.81. The molecular weight excluding hydrogens is 256 g/mol. The first-order valence-corrected chi connectivity index (χ1v) is 6.80. The molecule has 0 aromatic heterocycles. The van der Waals surface area contributed by atoms with Crippen molar-refractivity contribution in [3.8, 4) is 0 Å². The SMILES string of the molecule is CC1(C)O[C@@H]2[C@H](O1)[C@H](S)O[C@@H]2[C@H]1COC(C)(C)O1. The summed E-state index contributed by atoms with van der Waals surface area (Å²) in [5.74, 6) is -1.15. The maximum Gasteiger partial charge on any atom is 0.164 e. The van der Waals surface area contributed by atoms with Crippen LogP contribution in [0.25, 0.3) is 0 Å². The Hall–Kier alpha value is 0.150. The van der Waals surface area contributed by atoms with Gasteiger partial charge in [0.2, 0.25) is 0 Å². The van der Waals surface area contributed by atoms with E-state index in [1.54, 1.807) is 0 Å². The van der Waals surface area contributed by atoms with Gasteiger partial charge in [-0.3, -0.25) is 0 Å². The van der Waals surface area contributed by atoms with Crippen LogP contribution in [0.3, 0.4) is 0 Å². The van der Waals surface area contributed by atoms with Crippen LogP contribution >= 0.6 is 12.6 Å². The third-order valence-corrected chi connectivity index (χ3v) is 3.88. The molecular formula is C12H20O5S. The first kappa shape index (κ1) is 13.1. The first-order chi connectivity index (χ1) is 8.27. The zero-order chi connectivity index (χ0) is 13.1.